The molecule has 1 aliphatic rings. The number of hydrogen-bond donors (Lipinski definition) is 1. The van der Waals surface area contributed by atoms with Crippen LogP contribution in [0, 0.1) is 5.92 Å². The molecule has 2 aromatic rings. The van der Waals surface area contributed by atoms with Crippen LogP contribution >= 0.6 is 11.6 Å². The molecule has 0 aliphatic carbocycles. The topological polar surface area (TPSA) is 41.6 Å². The first kappa shape index (κ1) is 22.4. The molecule has 0 bridgehead atoms. The monoisotopic (exact) mass is 440 g/mol. The summed E-state index contributed by atoms with van der Waals surface area (Å²) >= 11 is 5.98. The van der Waals surface area contributed by atoms with E-state index >= 15 is 0 Å². The number of hydrogen-bond acceptors (Lipinski definition) is 3. The van der Waals surface area contributed by atoms with E-state index in [4.69, 9.17) is 16.3 Å². The van der Waals surface area contributed by atoms with Crippen LogP contribution in [0.2, 0.25) is 5.02 Å². The standard InChI is InChI=1S/C22H24ClF3N2O2/c1-2-30-18-5-3-4-15(12-18)14-28-10-8-16(9-11-28)21(29)27-20-13-17(22(24,25)26)6-7-19(20)23/h3-7,12-13,16H,2,8-11,14H2,1H3,(H,27,29). The maximum Gasteiger partial charge on any atom is 0.416 e. The van der Waals surface area contributed by atoms with Gasteiger partial charge in [-0.1, -0.05) is 23.7 Å². The summed E-state index contributed by atoms with van der Waals surface area (Å²) in [5, 5.41) is 2.66. The van der Waals surface area contributed by atoms with Gasteiger partial charge < -0.3 is 10.1 Å². The Hall–Kier alpha value is -2.25. The molecule has 162 valence electrons. The van der Waals surface area contributed by atoms with Gasteiger partial charge in [0.2, 0.25) is 5.91 Å². The zero-order chi connectivity index (χ0) is 21.7. The molecule has 1 fully saturated rings. The molecule has 1 N–H and O–H groups in total. The maximum atomic E-state index is 12.9. The fourth-order valence-electron chi connectivity index (χ4n) is 3.54. The Morgan fingerprint density at radius 1 is 1.20 bits per heavy atom. The number of rotatable bonds is 6. The minimum atomic E-state index is -4.49. The second-order valence-electron chi connectivity index (χ2n) is 7.31. The Labute approximate surface area is 179 Å². The van der Waals surface area contributed by atoms with Crippen molar-refractivity contribution in [2.24, 2.45) is 5.92 Å². The largest absolute Gasteiger partial charge is 0.494 e. The molecule has 1 amide bonds. The molecule has 3 rings (SSSR count). The molecule has 2 aromatic carbocycles. The summed E-state index contributed by atoms with van der Waals surface area (Å²) in [6.07, 6.45) is -3.23. The number of ether oxygens (including phenoxy) is 1. The lowest BCUT2D eigenvalue weighted by atomic mass is 9.95. The molecule has 1 saturated heterocycles. The number of carbonyl (C=O) groups is 1. The van der Waals surface area contributed by atoms with Crippen molar-refractivity contribution in [1.82, 2.24) is 4.90 Å². The average Bonchev–Trinajstić information content (AvgIpc) is 2.70. The summed E-state index contributed by atoms with van der Waals surface area (Å²) in [5.41, 5.74) is 0.289. The number of alkyl halides is 3. The molecule has 0 unspecified atom stereocenters. The number of likely N-dealkylation sites (tertiary alicyclic amines) is 1. The molecule has 0 spiro atoms. The van der Waals surface area contributed by atoms with Gasteiger partial charge in [0.25, 0.3) is 0 Å². The van der Waals surface area contributed by atoms with Crippen LogP contribution in [0.3, 0.4) is 0 Å². The quantitative estimate of drug-likeness (QED) is 0.635. The smallest absolute Gasteiger partial charge is 0.416 e. The number of nitrogens with zero attached hydrogens (tertiary/aromatic N) is 1. The summed E-state index contributed by atoms with van der Waals surface area (Å²) in [5.74, 6) is 0.276. The van der Waals surface area contributed by atoms with E-state index in [1.807, 2.05) is 31.2 Å². The SMILES string of the molecule is CCOc1cccc(CN2CCC(C(=O)Nc3cc(C(F)(F)F)ccc3Cl)CC2)c1. The molecule has 0 saturated carbocycles. The summed E-state index contributed by atoms with van der Waals surface area (Å²) in [6.45, 7) is 4.77. The van der Waals surface area contributed by atoms with Crippen LogP contribution in [0.4, 0.5) is 18.9 Å². The first-order valence-electron chi connectivity index (χ1n) is 9.88. The molecule has 1 heterocycles. The predicted molar refractivity (Wildman–Crippen MR) is 111 cm³/mol. The summed E-state index contributed by atoms with van der Waals surface area (Å²) in [4.78, 5) is 14.8. The number of carbonyl (C=O) groups excluding carboxylic acids is 1. The van der Waals surface area contributed by atoms with Gasteiger partial charge in [0.05, 0.1) is 22.9 Å². The number of benzene rings is 2. The first-order valence-corrected chi connectivity index (χ1v) is 10.3. The first-order chi connectivity index (χ1) is 14.3. The van der Waals surface area contributed by atoms with E-state index < -0.39 is 11.7 Å². The highest BCUT2D eigenvalue weighted by Crippen LogP contribution is 2.34. The van der Waals surface area contributed by atoms with Crippen molar-refractivity contribution in [3.63, 3.8) is 0 Å². The van der Waals surface area contributed by atoms with E-state index in [9.17, 15) is 18.0 Å². The van der Waals surface area contributed by atoms with Crippen LogP contribution in [0.25, 0.3) is 0 Å². The van der Waals surface area contributed by atoms with Crippen molar-refractivity contribution in [2.45, 2.75) is 32.5 Å². The third kappa shape index (κ3) is 5.89. The molecule has 0 radical (unpaired) electrons. The molecule has 8 heteroatoms. The normalized spacial score (nSPS) is 15.8. The molecular formula is C22H24ClF3N2O2. The van der Waals surface area contributed by atoms with Gasteiger partial charge in [0, 0.05) is 12.5 Å². The van der Waals surface area contributed by atoms with Crippen LogP contribution in [-0.2, 0) is 17.5 Å². The van der Waals surface area contributed by atoms with Gasteiger partial charge in [0.15, 0.2) is 0 Å². The fourth-order valence-corrected chi connectivity index (χ4v) is 3.71. The lowest BCUT2D eigenvalue weighted by molar-refractivity contribution is -0.137. The van der Waals surface area contributed by atoms with Gasteiger partial charge in [-0.3, -0.25) is 9.69 Å². The van der Waals surface area contributed by atoms with E-state index in [-0.39, 0.29) is 22.5 Å². The molecule has 0 aromatic heterocycles. The van der Waals surface area contributed by atoms with Crippen LogP contribution in [-0.4, -0.2) is 30.5 Å². The molecular weight excluding hydrogens is 417 g/mol. The third-order valence-electron chi connectivity index (χ3n) is 5.13. The predicted octanol–water partition coefficient (Wildman–Crippen LogP) is 5.61. The Morgan fingerprint density at radius 2 is 1.93 bits per heavy atom. The van der Waals surface area contributed by atoms with E-state index in [0.29, 0.717) is 19.4 Å². The van der Waals surface area contributed by atoms with Gasteiger partial charge in [-0.25, -0.2) is 0 Å². The Bertz CT molecular complexity index is 881. The number of piperidine rings is 1. The van der Waals surface area contributed by atoms with Crippen LogP contribution < -0.4 is 10.1 Å². The number of halogens is 4. The van der Waals surface area contributed by atoms with Gasteiger partial charge in [-0.15, -0.1) is 0 Å². The number of nitrogens with one attached hydrogen (secondary N) is 1. The second kappa shape index (κ2) is 9.71. The van der Waals surface area contributed by atoms with Gasteiger partial charge in [0.1, 0.15) is 5.75 Å². The Morgan fingerprint density at radius 3 is 2.60 bits per heavy atom. The zero-order valence-electron chi connectivity index (χ0n) is 16.6. The van der Waals surface area contributed by atoms with Gasteiger partial charge in [-0.05, 0) is 68.8 Å². The van der Waals surface area contributed by atoms with Crippen molar-refractivity contribution < 1.29 is 22.7 Å². The lowest BCUT2D eigenvalue weighted by Gasteiger charge is -2.31. The van der Waals surface area contributed by atoms with Gasteiger partial charge >= 0.3 is 6.18 Å². The van der Waals surface area contributed by atoms with E-state index in [0.717, 1.165) is 49.1 Å². The fraction of sp³-hybridized carbons (Fsp3) is 0.409. The highest BCUT2D eigenvalue weighted by Gasteiger charge is 2.32. The second-order valence-corrected chi connectivity index (χ2v) is 7.72. The van der Waals surface area contributed by atoms with Crippen molar-refractivity contribution in [1.29, 1.82) is 0 Å². The van der Waals surface area contributed by atoms with E-state index in [2.05, 4.69) is 10.2 Å². The maximum absolute atomic E-state index is 12.9. The molecule has 1 aliphatic heterocycles. The average molecular weight is 441 g/mol. The van der Waals surface area contributed by atoms with Crippen LogP contribution in [0.1, 0.15) is 30.9 Å². The highest BCUT2D eigenvalue weighted by molar-refractivity contribution is 6.33. The summed E-state index contributed by atoms with van der Waals surface area (Å²) < 4.78 is 44.3. The molecule has 4 nitrogen and oxygen atoms in total. The summed E-state index contributed by atoms with van der Waals surface area (Å²) in [6, 6.07) is 10.9. The van der Waals surface area contributed by atoms with E-state index in [1.54, 1.807) is 0 Å². The molecule has 0 atom stereocenters. The van der Waals surface area contributed by atoms with Crippen molar-refractivity contribution >= 4 is 23.2 Å². The third-order valence-corrected chi connectivity index (χ3v) is 5.46. The molecule has 30 heavy (non-hydrogen) atoms. The number of anilines is 1. The number of amides is 1. The summed E-state index contributed by atoms with van der Waals surface area (Å²) in [7, 11) is 0. The van der Waals surface area contributed by atoms with Crippen molar-refractivity contribution in [3.05, 3.63) is 58.6 Å². The minimum absolute atomic E-state index is 0.00772. The van der Waals surface area contributed by atoms with Crippen molar-refractivity contribution in [2.75, 3.05) is 25.0 Å². The Kier molecular flexibility index (Phi) is 7.26. The zero-order valence-corrected chi connectivity index (χ0v) is 17.4. The Balaban J connectivity index is 1.55. The lowest BCUT2D eigenvalue weighted by Crippen LogP contribution is -2.37. The van der Waals surface area contributed by atoms with Crippen LogP contribution in [0.5, 0.6) is 5.75 Å². The van der Waals surface area contributed by atoms with E-state index in [1.165, 1.54) is 0 Å². The highest BCUT2D eigenvalue weighted by atomic mass is 35.5. The van der Waals surface area contributed by atoms with Crippen LogP contribution in [0.15, 0.2) is 42.5 Å². The van der Waals surface area contributed by atoms with Gasteiger partial charge in [-0.2, -0.15) is 13.2 Å². The van der Waals surface area contributed by atoms with Crippen molar-refractivity contribution in [3.8, 4) is 5.75 Å². The minimum Gasteiger partial charge on any atom is -0.494 e.